The highest BCUT2D eigenvalue weighted by atomic mass is 16.3. The second-order valence-corrected chi connectivity index (χ2v) is 12.2. The smallest absolute Gasteiger partial charge is 0.283 e. The molecule has 0 aliphatic heterocycles. The molecule has 4 rings (SSSR count). The number of rotatable bonds is 5. The summed E-state index contributed by atoms with van der Waals surface area (Å²) in [5, 5.41) is 37.4. The van der Waals surface area contributed by atoms with E-state index in [1.807, 2.05) is 19.1 Å². The minimum Gasteiger partial charge on any atom is -0.508 e. The lowest BCUT2D eigenvalue weighted by Crippen LogP contribution is -2.60. The minimum absolute atomic E-state index is 0.0446. The van der Waals surface area contributed by atoms with Gasteiger partial charge in [0.25, 0.3) is 5.91 Å². The molecule has 3 aliphatic rings. The number of nitrogens with zero attached hydrogens (tertiary/aromatic N) is 2. The lowest BCUT2D eigenvalue weighted by molar-refractivity contribution is -0.133. The Morgan fingerprint density at radius 3 is 2.47 bits per heavy atom. The van der Waals surface area contributed by atoms with Crippen molar-refractivity contribution in [3.8, 4) is 5.75 Å². The number of hydrogen-bond acceptors (Lipinski definition) is 8. The van der Waals surface area contributed by atoms with E-state index in [2.05, 4.69) is 37.8 Å². The molecule has 0 saturated carbocycles. The molecule has 0 fully saturated rings. The van der Waals surface area contributed by atoms with E-state index in [1.165, 1.54) is 6.08 Å². The van der Waals surface area contributed by atoms with Crippen molar-refractivity contribution in [2.75, 3.05) is 20.6 Å². The zero-order chi connectivity index (χ0) is 28.3. The zero-order valence-electron chi connectivity index (χ0n) is 22.8. The van der Waals surface area contributed by atoms with E-state index in [0.717, 1.165) is 0 Å². The molecule has 0 spiro atoms. The standard InChI is InChI=1S/C29H37N3O6/c1-14-16-9-8-15(12-31-13-28(2,3)4)23(33)20(16)24(34)18-11-29(38)19(10-17(14)18)22(32(6)7)25(35)21(26(29)36)27(37)30-5/h8-9,11,14,17,19,22,31,33,36,38H,5,10,12-13H2,1-4,6-7H3/t14-,17?,19?,22?,29+/m0/s1. The molecule has 1 amide bonds. The lowest BCUT2D eigenvalue weighted by Gasteiger charge is -2.50. The first-order valence-electron chi connectivity index (χ1n) is 12.8. The number of likely N-dealkylation sites (N-methyl/N-ethyl adjacent to an activating group) is 1. The van der Waals surface area contributed by atoms with Gasteiger partial charge in [0, 0.05) is 30.1 Å². The molecule has 1 aromatic rings. The van der Waals surface area contributed by atoms with Gasteiger partial charge in [-0.05, 0) is 56.1 Å². The molecule has 3 aliphatic carbocycles. The fraction of sp³-hybridized carbons (Fsp3) is 0.517. The Morgan fingerprint density at radius 1 is 1.24 bits per heavy atom. The molecule has 1 aromatic carbocycles. The molecule has 5 atom stereocenters. The maximum Gasteiger partial charge on any atom is 0.283 e. The second kappa shape index (κ2) is 9.55. The average molecular weight is 524 g/mol. The highest BCUT2D eigenvalue weighted by Gasteiger charge is 2.59. The van der Waals surface area contributed by atoms with Gasteiger partial charge in [-0.25, -0.2) is 4.99 Å². The van der Waals surface area contributed by atoms with Crippen LogP contribution in [0.2, 0.25) is 0 Å². The third-order valence-corrected chi connectivity index (χ3v) is 8.12. The van der Waals surface area contributed by atoms with Crippen molar-refractivity contribution in [3.05, 3.63) is 51.8 Å². The van der Waals surface area contributed by atoms with E-state index in [4.69, 9.17) is 0 Å². The molecule has 0 saturated heterocycles. The van der Waals surface area contributed by atoms with Crippen LogP contribution in [0.5, 0.6) is 5.75 Å². The van der Waals surface area contributed by atoms with Crippen molar-refractivity contribution in [1.29, 1.82) is 0 Å². The number of benzene rings is 1. The summed E-state index contributed by atoms with van der Waals surface area (Å²) in [6, 6.07) is 2.76. The predicted molar refractivity (Wildman–Crippen MR) is 143 cm³/mol. The van der Waals surface area contributed by atoms with E-state index in [1.54, 1.807) is 19.0 Å². The minimum atomic E-state index is -2.14. The maximum atomic E-state index is 13.8. The number of phenols is 1. The molecule has 0 radical (unpaired) electrons. The van der Waals surface area contributed by atoms with Gasteiger partial charge in [-0.3, -0.25) is 19.3 Å². The van der Waals surface area contributed by atoms with Gasteiger partial charge in [-0.1, -0.05) is 39.8 Å². The van der Waals surface area contributed by atoms with Crippen molar-refractivity contribution in [3.63, 3.8) is 0 Å². The van der Waals surface area contributed by atoms with Gasteiger partial charge in [-0.15, -0.1) is 0 Å². The molecule has 9 heteroatoms. The van der Waals surface area contributed by atoms with E-state index in [0.29, 0.717) is 24.2 Å². The SMILES string of the molecule is C=NC(=O)C1=C(O)[C@@]2(O)C=C3C(=O)c4c(ccc(CNCC(C)(C)C)c4O)[C@H](C)C3CC2C(N(C)C)C1=O. The van der Waals surface area contributed by atoms with Crippen LogP contribution in [0.1, 0.15) is 61.5 Å². The van der Waals surface area contributed by atoms with Crippen LogP contribution in [0.15, 0.2) is 40.1 Å². The zero-order valence-corrected chi connectivity index (χ0v) is 22.8. The first-order chi connectivity index (χ1) is 17.6. The normalized spacial score (nSPS) is 29.0. The Labute approximate surface area is 223 Å². The summed E-state index contributed by atoms with van der Waals surface area (Å²) in [6.07, 6.45) is 1.50. The molecule has 38 heavy (non-hydrogen) atoms. The number of fused-ring (bicyclic) bond motifs is 3. The quantitative estimate of drug-likeness (QED) is 0.341. The number of allylic oxidation sites excluding steroid dienone is 1. The number of carbonyl (C=O) groups excluding carboxylic acids is 3. The van der Waals surface area contributed by atoms with Crippen LogP contribution in [0.3, 0.4) is 0 Å². The van der Waals surface area contributed by atoms with Gasteiger partial charge in [0.05, 0.1) is 11.6 Å². The molecule has 0 heterocycles. The third-order valence-electron chi connectivity index (χ3n) is 8.12. The monoisotopic (exact) mass is 523 g/mol. The Balaban J connectivity index is 1.83. The fourth-order valence-corrected chi connectivity index (χ4v) is 6.22. The Bertz CT molecular complexity index is 1290. The van der Waals surface area contributed by atoms with E-state index < -0.39 is 46.4 Å². The van der Waals surface area contributed by atoms with Crippen LogP contribution in [0.4, 0.5) is 0 Å². The van der Waals surface area contributed by atoms with Crippen molar-refractivity contribution < 1.29 is 29.7 Å². The van der Waals surface area contributed by atoms with Crippen LogP contribution >= 0.6 is 0 Å². The molecule has 9 nitrogen and oxygen atoms in total. The number of ketones is 2. The van der Waals surface area contributed by atoms with E-state index in [-0.39, 0.29) is 40.6 Å². The van der Waals surface area contributed by atoms with Gasteiger partial charge in [-0.2, -0.15) is 0 Å². The maximum absolute atomic E-state index is 13.8. The summed E-state index contributed by atoms with van der Waals surface area (Å²) >= 11 is 0. The highest BCUT2D eigenvalue weighted by Crippen LogP contribution is 2.54. The molecule has 0 aromatic heterocycles. The number of hydrogen-bond donors (Lipinski definition) is 4. The van der Waals surface area contributed by atoms with Crippen LogP contribution in [0, 0.1) is 17.3 Å². The molecule has 204 valence electrons. The summed E-state index contributed by atoms with van der Waals surface area (Å²) in [5.41, 5.74) is -1.00. The fourth-order valence-electron chi connectivity index (χ4n) is 6.22. The summed E-state index contributed by atoms with van der Waals surface area (Å²) < 4.78 is 0. The first kappa shape index (κ1) is 27.9. The molecular weight excluding hydrogens is 486 g/mol. The number of carbonyl (C=O) groups is 3. The van der Waals surface area contributed by atoms with Gasteiger partial charge in [0.15, 0.2) is 11.6 Å². The summed E-state index contributed by atoms with van der Waals surface area (Å²) in [7, 11) is 3.32. The van der Waals surface area contributed by atoms with Crippen molar-refractivity contribution in [2.45, 2.75) is 58.2 Å². The van der Waals surface area contributed by atoms with Gasteiger partial charge in [0.2, 0.25) is 0 Å². The largest absolute Gasteiger partial charge is 0.508 e. The predicted octanol–water partition coefficient (Wildman–Crippen LogP) is 2.67. The number of aliphatic hydroxyl groups is 2. The first-order valence-corrected chi connectivity index (χ1v) is 12.8. The van der Waals surface area contributed by atoms with Gasteiger partial charge in [0.1, 0.15) is 22.7 Å². The van der Waals surface area contributed by atoms with Crippen molar-refractivity contribution in [1.82, 2.24) is 10.2 Å². The van der Waals surface area contributed by atoms with Crippen molar-refractivity contribution in [2.24, 2.45) is 22.2 Å². The van der Waals surface area contributed by atoms with Crippen LogP contribution < -0.4 is 5.32 Å². The summed E-state index contributed by atoms with van der Waals surface area (Å²) in [4.78, 5) is 44.5. The number of aliphatic imine (C=N–C) groups is 1. The van der Waals surface area contributed by atoms with E-state index >= 15 is 0 Å². The Morgan fingerprint density at radius 2 is 1.89 bits per heavy atom. The number of aliphatic hydroxyl groups excluding tert-OH is 1. The topological polar surface area (TPSA) is 140 Å². The number of amides is 1. The Hall–Kier alpha value is -3.14. The molecule has 4 N–H and O–H groups in total. The number of Topliss-reactive ketones (excluding diaryl/α,β-unsaturated/α-hetero) is 2. The third kappa shape index (κ3) is 4.32. The van der Waals surface area contributed by atoms with Gasteiger partial charge < -0.3 is 20.6 Å². The lowest BCUT2D eigenvalue weighted by atomic mass is 9.58. The van der Waals surface area contributed by atoms with Crippen LogP contribution in [0.25, 0.3) is 0 Å². The molecule has 0 bridgehead atoms. The number of phenolic OH excluding ortho intramolecular Hbond substituents is 1. The Kier molecular flexibility index (Phi) is 7.01. The number of nitrogens with one attached hydrogen (secondary N) is 1. The van der Waals surface area contributed by atoms with Gasteiger partial charge >= 0.3 is 0 Å². The van der Waals surface area contributed by atoms with E-state index in [9.17, 15) is 29.7 Å². The van der Waals surface area contributed by atoms with Crippen molar-refractivity contribution >= 4 is 24.2 Å². The number of aromatic hydroxyl groups is 1. The summed E-state index contributed by atoms with van der Waals surface area (Å²) in [6.45, 7) is 12.5. The highest BCUT2D eigenvalue weighted by molar-refractivity contribution is 6.23. The average Bonchev–Trinajstić information content (AvgIpc) is 2.82. The van der Waals surface area contributed by atoms with Crippen LogP contribution in [-0.2, 0) is 16.1 Å². The molecular formula is C29H37N3O6. The second-order valence-electron chi connectivity index (χ2n) is 12.2. The molecule has 3 unspecified atom stereocenters. The summed E-state index contributed by atoms with van der Waals surface area (Å²) in [5.74, 6) is -4.42. The van der Waals surface area contributed by atoms with Crippen LogP contribution in [-0.4, -0.2) is 76.7 Å².